The zero-order valence-electron chi connectivity index (χ0n) is 9.74. The normalized spacial score (nSPS) is 21.5. The van der Waals surface area contributed by atoms with Crippen LogP contribution in [-0.2, 0) is 9.84 Å². The molecule has 94 valence electrons. The maximum atomic E-state index is 11.3. The van der Waals surface area contributed by atoms with Crippen molar-refractivity contribution in [2.24, 2.45) is 0 Å². The van der Waals surface area contributed by atoms with Crippen LogP contribution in [0.5, 0.6) is 0 Å². The standard InChI is InChI=1S/C11H12N4O2S/c1-8-3-2-4-10-13-11(14-15(8)10)12-9-5-6-18(16,17)7-9/h2-6,9H,7H2,1H3,(H,12,14). The van der Waals surface area contributed by atoms with E-state index in [1.807, 2.05) is 25.1 Å². The molecule has 2 aromatic rings. The van der Waals surface area contributed by atoms with E-state index in [1.54, 1.807) is 10.6 Å². The fraction of sp³-hybridized carbons (Fsp3) is 0.273. The first-order chi connectivity index (χ1) is 8.53. The molecule has 1 aliphatic rings. The quantitative estimate of drug-likeness (QED) is 0.866. The zero-order chi connectivity index (χ0) is 12.8. The van der Waals surface area contributed by atoms with E-state index in [0.717, 1.165) is 11.3 Å². The van der Waals surface area contributed by atoms with Crippen molar-refractivity contribution in [2.75, 3.05) is 11.1 Å². The van der Waals surface area contributed by atoms with Crippen molar-refractivity contribution in [3.63, 3.8) is 0 Å². The number of anilines is 1. The topological polar surface area (TPSA) is 76.4 Å². The van der Waals surface area contributed by atoms with Gasteiger partial charge >= 0.3 is 0 Å². The summed E-state index contributed by atoms with van der Waals surface area (Å²) < 4.78 is 24.3. The van der Waals surface area contributed by atoms with Gasteiger partial charge in [0.2, 0.25) is 5.95 Å². The fourth-order valence-corrected chi connectivity index (χ4v) is 3.16. The van der Waals surface area contributed by atoms with Crippen LogP contribution in [0.25, 0.3) is 5.65 Å². The van der Waals surface area contributed by atoms with Crippen molar-refractivity contribution in [1.82, 2.24) is 14.6 Å². The summed E-state index contributed by atoms with van der Waals surface area (Å²) in [4.78, 5) is 4.30. The number of hydrogen-bond donors (Lipinski definition) is 1. The third-order valence-electron chi connectivity index (χ3n) is 2.79. The summed E-state index contributed by atoms with van der Waals surface area (Å²) in [6.07, 6.45) is 1.62. The van der Waals surface area contributed by atoms with Crippen LogP contribution in [0.2, 0.25) is 0 Å². The number of nitrogens with one attached hydrogen (secondary N) is 1. The molecule has 0 fully saturated rings. The number of fused-ring (bicyclic) bond motifs is 1. The van der Waals surface area contributed by atoms with E-state index in [4.69, 9.17) is 0 Å². The van der Waals surface area contributed by atoms with E-state index in [-0.39, 0.29) is 11.8 Å². The summed E-state index contributed by atoms with van der Waals surface area (Å²) >= 11 is 0. The average molecular weight is 264 g/mol. The van der Waals surface area contributed by atoms with Crippen LogP contribution in [-0.4, -0.2) is 34.8 Å². The van der Waals surface area contributed by atoms with Gasteiger partial charge in [-0.05, 0) is 25.1 Å². The maximum Gasteiger partial charge on any atom is 0.243 e. The van der Waals surface area contributed by atoms with Gasteiger partial charge < -0.3 is 5.32 Å². The van der Waals surface area contributed by atoms with E-state index in [9.17, 15) is 8.42 Å². The Hall–Kier alpha value is -1.89. The van der Waals surface area contributed by atoms with Gasteiger partial charge in [0.25, 0.3) is 0 Å². The number of sulfone groups is 1. The Morgan fingerprint density at radius 2 is 2.28 bits per heavy atom. The van der Waals surface area contributed by atoms with Gasteiger partial charge in [0.15, 0.2) is 15.5 Å². The third-order valence-corrected chi connectivity index (χ3v) is 4.19. The SMILES string of the molecule is Cc1cccc2nc(NC3C=CS(=O)(=O)C3)nn12. The summed E-state index contributed by atoms with van der Waals surface area (Å²) in [5, 5.41) is 8.52. The Bertz CT molecular complexity index is 733. The molecular weight excluding hydrogens is 252 g/mol. The molecule has 0 amide bonds. The van der Waals surface area contributed by atoms with Gasteiger partial charge in [0.05, 0.1) is 11.8 Å². The van der Waals surface area contributed by atoms with Crippen molar-refractivity contribution >= 4 is 21.4 Å². The van der Waals surface area contributed by atoms with Gasteiger partial charge in [0.1, 0.15) is 0 Å². The lowest BCUT2D eigenvalue weighted by molar-refractivity contribution is 0.605. The molecular formula is C11H12N4O2S. The third kappa shape index (κ3) is 1.97. The second-order valence-corrected chi connectivity index (χ2v) is 6.21. The van der Waals surface area contributed by atoms with Crippen LogP contribution in [0, 0.1) is 6.92 Å². The largest absolute Gasteiger partial charge is 0.346 e. The predicted octanol–water partition coefficient (Wildman–Crippen LogP) is 0.760. The minimum absolute atomic E-state index is 0.0571. The second-order valence-electron chi connectivity index (χ2n) is 4.28. The second kappa shape index (κ2) is 3.81. The van der Waals surface area contributed by atoms with Crippen molar-refractivity contribution in [3.8, 4) is 0 Å². The molecule has 1 unspecified atom stereocenters. The predicted molar refractivity (Wildman–Crippen MR) is 68.1 cm³/mol. The monoisotopic (exact) mass is 264 g/mol. The van der Waals surface area contributed by atoms with E-state index < -0.39 is 9.84 Å². The Kier molecular flexibility index (Phi) is 2.37. The molecule has 1 atom stereocenters. The van der Waals surface area contributed by atoms with Gasteiger partial charge in [-0.2, -0.15) is 4.98 Å². The van der Waals surface area contributed by atoms with Crippen molar-refractivity contribution in [2.45, 2.75) is 13.0 Å². The van der Waals surface area contributed by atoms with Crippen LogP contribution < -0.4 is 5.32 Å². The molecule has 0 saturated carbocycles. The molecule has 0 aromatic carbocycles. The lowest BCUT2D eigenvalue weighted by Gasteiger charge is -2.06. The number of hydrogen-bond acceptors (Lipinski definition) is 5. The molecule has 0 spiro atoms. The number of pyridine rings is 1. The molecule has 0 bridgehead atoms. The molecule has 0 aliphatic carbocycles. The Morgan fingerprint density at radius 3 is 2.94 bits per heavy atom. The Labute approximate surface area is 104 Å². The summed E-state index contributed by atoms with van der Waals surface area (Å²) in [6, 6.07) is 5.44. The number of aryl methyl sites for hydroxylation is 1. The van der Waals surface area contributed by atoms with Gasteiger partial charge in [-0.1, -0.05) is 6.07 Å². The lowest BCUT2D eigenvalue weighted by Crippen LogP contribution is -2.21. The molecule has 0 saturated heterocycles. The smallest absolute Gasteiger partial charge is 0.243 e. The molecule has 3 rings (SSSR count). The van der Waals surface area contributed by atoms with Crippen LogP contribution in [0.1, 0.15) is 5.69 Å². The van der Waals surface area contributed by atoms with Crippen LogP contribution in [0.3, 0.4) is 0 Å². The van der Waals surface area contributed by atoms with Crippen molar-refractivity contribution in [3.05, 3.63) is 35.4 Å². The highest BCUT2D eigenvalue weighted by Crippen LogP contribution is 2.14. The van der Waals surface area contributed by atoms with Gasteiger partial charge in [0, 0.05) is 11.1 Å². The van der Waals surface area contributed by atoms with Crippen LogP contribution in [0.4, 0.5) is 5.95 Å². The summed E-state index contributed by atoms with van der Waals surface area (Å²) in [6.45, 7) is 1.94. The Morgan fingerprint density at radius 1 is 1.44 bits per heavy atom. The lowest BCUT2D eigenvalue weighted by atomic mass is 10.3. The van der Waals surface area contributed by atoms with E-state index in [2.05, 4.69) is 15.4 Å². The highest BCUT2D eigenvalue weighted by Gasteiger charge is 2.22. The van der Waals surface area contributed by atoms with Crippen molar-refractivity contribution in [1.29, 1.82) is 0 Å². The molecule has 1 aliphatic heterocycles. The maximum absolute atomic E-state index is 11.3. The first-order valence-corrected chi connectivity index (χ1v) is 7.25. The summed E-state index contributed by atoms with van der Waals surface area (Å²) in [5.74, 6) is 0.498. The molecule has 6 nitrogen and oxygen atoms in total. The van der Waals surface area contributed by atoms with Crippen LogP contribution in [0.15, 0.2) is 29.7 Å². The van der Waals surface area contributed by atoms with E-state index in [0.29, 0.717) is 5.95 Å². The highest BCUT2D eigenvalue weighted by molar-refractivity contribution is 7.94. The molecule has 18 heavy (non-hydrogen) atoms. The van der Waals surface area contributed by atoms with Crippen LogP contribution >= 0.6 is 0 Å². The van der Waals surface area contributed by atoms with Gasteiger partial charge in [-0.25, -0.2) is 12.9 Å². The van der Waals surface area contributed by atoms with E-state index >= 15 is 0 Å². The molecule has 0 radical (unpaired) electrons. The number of rotatable bonds is 2. The average Bonchev–Trinajstić information content (AvgIpc) is 2.83. The zero-order valence-corrected chi connectivity index (χ0v) is 10.6. The fourth-order valence-electron chi connectivity index (χ4n) is 1.93. The van der Waals surface area contributed by atoms with Gasteiger partial charge in [-0.3, -0.25) is 0 Å². The first kappa shape index (κ1) is 11.2. The summed E-state index contributed by atoms with van der Waals surface area (Å²) in [5.41, 5.74) is 1.71. The van der Waals surface area contributed by atoms with Gasteiger partial charge in [-0.15, -0.1) is 5.10 Å². The molecule has 7 heteroatoms. The first-order valence-electron chi connectivity index (χ1n) is 5.53. The molecule has 2 aromatic heterocycles. The van der Waals surface area contributed by atoms with Crippen molar-refractivity contribution < 1.29 is 8.42 Å². The van der Waals surface area contributed by atoms with E-state index in [1.165, 1.54) is 5.41 Å². The summed E-state index contributed by atoms with van der Waals surface area (Å²) in [7, 11) is -3.06. The number of aromatic nitrogens is 3. The minimum atomic E-state index is -3.06. The Balaban J connectivity index is 1.88. The highest BCUT2D eigenvalue weighted by atomic mass is 32.2. The number of nitrogens with zero attached hydrogens (tertiary/aromatic N) is 3. The minimum Gasteiger partial charge on any atom is -0.346 e. The molecule has 1 N–H and O–H groups in total. The molecule has 3 heterocycles.